The van der Waals surface area contributed by atoms with Gasteiger partial charge in [-0.25, -0.2) is 23.3 Å². The number of rotatable bonds is 10. The molecule has 5 aromatic rings. The Hall–Kier alpha value is -4.22. The maximum atomic E-state index is 13.8. The lowest BCUT2D eigenvalue weighted by molar-refractivity contribution is 0.187. The summed E-state index contributed by atoms with van der Waals surface area (Å²) >= 11 is 1.16. The number of benzene rings is 3. The van der Waals surface area contributed by atoms with Gasteiger partial charge in [-0.1, -0.05) is 48.5 Å². The molecule has 218 valence electrons. The van der Waals surface area contributed by atoms with Crippen molar-refractivity contribution in [2.75, 3.05) is 12.4 Å². The van der Waals surface area contributed by atoms with Crippen molar-refractivity contribution in [1.82, 2.24) is 19.9 Å². The molecule has 13 nitrogen and oxygen atoms in total. The van der Waals surface area contributed by atoms with Gasteiger partial charge in [-0.05, 0) is 41.0 Å². The highest BCUT2D eigenvalue weighted by atomic mass is 32.2. The van der Waals surface area contributed by atoms with E-state index in [4.69, 9.17) is 9.56 Å². The number of thiazole rings is 1. The number of sulfone groups is 1. The van der Waals surface area contributed by atoms with Gasteiger partial charge in [-0.2, -0.15) is 13.1 Å². The van der Waals surface area contributed by atoms with Crippen molar-refractivity contribution in [3.05, 3.63) is 95.1 Å². The number of aromatic nitrogens is 3. The molecule has 0 bridgehead atoms. The SMILES string of the molecule is COC(=O)Nc1ccc(-c2ccc3nc(C(c4nnc(CNS(N)(=O)=O)o4)S(=O)(=O)Cc4ccccc4)sc3c2)cc1. The molecule has 0 aliphatic carbocycles. The van der Waals surface area contributed by atoms with E-state index >= 15 is 0 Å². The zero-order valence-corrected chi connectivity index (χ0v) is 24.4. The minimum absolute atomic E-state index is 0.160. The molecular weight excluding hydrogens is 605 g/mol. The predicted octanol–water partition coefficient (Wildman–Crippen LogP) is 3.52. The van der Waals surface area contributed by atoms with Gasteiger partial charge in [-0.3, -0.25) is 5.32 Å². The average Bonchev–Trinajstić information content (AvgIpc) is 3.58. The highest BCUT2D eigenvalue weighted by molar-refractivity contribution is 7.91. The van der Waals surface area contributed by atoms with Crippen LogP contribution in [-0.2, 0) is 37.1 Å². The molecule has 0 aliphatic rings. The molecule has 1 amide bonds. The van der Waals surface area contributed by atoms with Crippen LogP contribution in [0.5, 0.6) is 0 Å². The molecule has 2 aromatic heterocycles. The van der Waals surface area contributed by atoms with Crippen molar-refractivity contribution in [3.8, 4) is 11.1 Å². The van der Waals surface area contributed by atoms with Crippen molar-refractivity contribution in [3.63, 3.8) is 0 Å². The van der Waals surface area contributed by atoms with E-state index in [-0.39, 0.29) is 22.5 Å². The Balaban J connectivity index is 1.50. The van der Waals surface area contributed by atoms with Gasteiger partial charge in [0.25, 0.3) is 10.2 Å². The zero-order valence-electron chi connectivity index (χ0n) is 21.9. The summed E-state index contributed by atoms with van der Waals surface area (Å²) in [4.78, 5) is 16.1. The van der Waals surface area contributed by atoms with Crippen LogP contribution in [0.1, 0.15) is 27.6 Å². The molecule has 16 heteroatoms. The number of hydrogen-bond donors (Lipinski definition) is 3. The number of carbonyl (C=O) groups excluding carboxylic acids is 1. The summed E-state index contributed by atoms with van der Waals surface area (Å²) in [6.07, 6.45) is -0.577. The molecule has 1 unspecified atom stereocenters. The number of amides is 1. The van der Waals surface area contributed by atoms with E-state index in [9.17, 15) is 21.6 Å². The van der Waals surface area contributed by atoms with Gasteiger partial charge in [-0.15, -0.1) is 21.5 Å². The van der Waals surface area contributed by atoms with Crippen molar-refractivity contribution in [2.45, 2.75) is 17.5 Å². The lowest BCUT2D eigenvalue weighted by Gasteiger charge is -2.12. The van der Waals surface area contributed by atoms with E-state index in [2.05, 4.69) is 25.2 Å². The lowest BCUT2D eigenvalue weighted by atomic mass is 10.1. The smallest absolute Gasteiger partial charge is 0.411 e. The standard InChI is InChI=1S/C26H24N6O7S3/c1-38-26(33)29-19-10-7-17(8-11-19)18-9-12-20-21(13-18)40-25(30-20)23(41(34,35)15-16-5-3-2-4-6-16)24-32-31-22(39-24)14-28-42(27,36)37/h2-13,23,28H,14-15H2,1H3,(H,29,33)(H2,27,36,37). The van der Waals surface area contributed by atoms with Gasteiger partial charge in [0, 0.05) is 5.69 Å². The summed E-state index contributed by atoms with van der Waals surface area (Å²) in [7, 11) is -6.75. The van der Waals surface area contributed by atoms with E-state index in [1.54, 1.807) is 48.5 Å². The molecule has 4 N–H and O–H groups in total. The summed E-state index contributed by atoms with van der Waals surface area (Å²) in [6, 6.07) is 21.3. The lowest BCUT2D eigenvalue weighted by Crippen LogP contribution is -2.30. The summed E-state index contributed by atoms with van der Waals surface area (Å²) in [5.74, 6) is -0.726. The third-order valence-corrected chi connectivity index (χ3v) is 9.64. The van der Waals surface area contributed by atoms with Crippen LogP contribution in [0.15, 0.2) is 77.2 Å². The summed E-state index contributed by atoms with van der Waals surface area (Å²) in [6.45, 7) is -0.408. The van der Waals surface area contributed by atoms with Gasteiger partial charge < -0.3 is 9.15 Å². The molecule has 0 spiro atoms. The first kappa shape index (κ1) is 29.3. The molecule has 0 aliphatic heterocycles. The molecule has 3 aromatic carbocycles. The first-order valence-electron chi connectivity index (χ1n) is 12.2. The maximum absolute atomic E-state index is 13.8. The monoisotopic (exact) mass is 628 g/mol. The Bertz CT molecular complexity index is 1940. The van der Waals surface area contributed by atoms with E-state index < -0.39 is 37.9 Å². The number of nitrogens with zero attached hydrogens (tertiary/aromatic N) is 3. The second-order valence-electron chi connectivity index (χ2n) is 9.00. The summed E-state index contributed by atoms with van der Waals surface area (Å²) in [5, 5.41) is 14.1. The van der Waals surface area contributed by atoms with Crippen molar-refractivity contribution in [2.24, 2.45) is 5.14 Å². The van der Waals surface area contributed by atoms with Crippen molar-refractivity contribution in [1.29, 1.82) is 0 Å². The van der Waals surface area contributed by atoms with Crippen LogP contribution in [0, 0.1) is 0 Å². The van der Waals surface area contributed by atoms with Gasteiger partial charge in [0.05, 0.1) is 29.6 Å². The normalized spacial score (nSPS) is 12.7. The second kappa shape index (κ2) is 11.9. The number of ether oxygens (including phenoxy) is 1. The van der Waals surface area contributed by atoms with Crippen LogP contribution in [0.4, 0.5) is 10.5 Å². The molecular formula is C26H24N6O7S3. The topological polar surface area (TPSA) is 196 Å². The van der Waals surface area contributed by atoms with Crippen LogP contribution in [0.2, 0.25) is 0 Å². The second-order valence-corrected chi connectivity index (χ2v) is 13.5. The Labute approximate surface area is 244 Å². The fraction of sp³-hybridized carbons (Fsp3) is 0.154. The van der Waals surface area contributed by atoms with Crippen LogP contribution < -0.4 is 15.2 Å². The molecule has 5 rings (SSSR count). The third-order valence-electron chi connectivity index (χ3n) is 5.98. The Kier molecular flexibility index (Phi) is 8.33. The molecule has 0 saturated heterocycles. The van der Waals surface area contributed by atoms with E-state index in [1.807, 2.05) is 29.0 Å². The minimum Gasteiger partial charge on any atom is -0.453 e. The molecule has 0 saturated carbocycles. The molecule has 0 radical (unpaired) electrons. The largest absolute Gasteiger partial charge is 0.453 e. The zero-order chi connectivity index (χ0) is 29.9. The first-order chi connectivity index (χ1) is 20.0. The minimum atomic E-state index is -4.04. The van der Waals surface area contributed by atoms with Crippen molar-refractivity contribution >= 4 is 53.4 Å². The molecule has 2 heterocycles. The van der Waals surface area contributed by atoms with Crippen LogP contribution >= 0.6 is 11.3 Å². The fourth-order valence-corrected chi connectivity index (χ4v) is 7.53. The van der Waals surface area contributed by atoms with Crippen LogP contribution in [0.3, 0.4) is 0 Å². The van der Waals surface area contributed by atoms with Crippen LogP contribution in [0.25, 0.3) is 21.3 Å². The Morgan fingerprint density at radius 1 is 1.00 bits per heavy atom. The van der Waals surface area contributed by atoms with Gasteiger partial charge in [0.1, 0.15) is 5.01 Å². The number of nitrogens with one attached hydrogen (secondary N) is 2. The predicted molar refractivity (Wildman–Crippen MR) is 156 cm³/mol. The number of nitrogens with two attached hydrogens (primary N) is 1. The summed E-state index contributed by atoms with van der Waals surface area (Å²) < 4.78 is 63.1. The molecule has 0 fully saturated rings. The number of fused-ring (bicyclic) bond motifs is 1. The van der Waals surface area contributed by atoms with Gasteiger partial charge >= 0.3 is 6.09 Å². The van der Waals surface area contributed by atoms with E-state index in [0.717, 1.165) is 27.2 Å². The number of carbonyl (C=O) groups is 1. The van der Waals surface area contributed by atoms with E-state index in [1.165, 1.54) is 7.11 Å². The third kappa shape index (κ3) is 6.97. The highest BCUT2D eigenvalue weighted by Gasteiger charge is 2.37. The summed E-state index contributed by atoms with van der Waals surface area (Å²) in [5.41, 5.74) is 3.40. The molecule has 42 heavy (non-hydrogen) atoms. The first-order valence-corrected chi connectivity index (χ1v) is 16.3. The molecule has 1 atom stereocenters. The fourth-order valence-electron chi connectivity index (χ4n) is 4.06. The number of methoxy groups -OCH3 is 1. The highest BCUT2D eigenvalue weighted by Crippen LogP contribution is 2.38. The number of anilines is 1. The Morgan fingerprint density at radius 2 is 1.71 bits per heavy atom. The maximum Gasteiger partial charge on any atom is 0.411 e. The van der Waals surface area contributed by atoms with Crippen LogP contribution in [-0.4, -0.2) is 45.2 Å². The average molecular weight is 629 g/mol. The van der Waals surface area contributed by atoms with Crippen molar-refractivity contribution < 1.29 is 30.8 Å². The van der Waals surface area contributed by atoms with Gasteiger partial charge in [0.15, 0.2) is 15.1 Å². The van der Waals surface area contributed by atoms with Gasteiger partial charge in [0.2, 0.25) is 11.8 Å². The quantitative estimate of drug-likeness (QED) is 0.206. The number of hydrogen-bond acceptors (Lipinski definition) is 11. The Morgan fingerprint density at radius 3 is 2.40 bits per heavy atom. The van der Waals surface area contributed by atoms with E-state index in [0.29, 0.717) is 16.8 Å².